The van der Waals surface area contributed by atoms with Crippen LogP contribution in [0.4, 0.5) is 0 Å². The number of hydrogen-bond acceptors (Lipinski definition) is 6. The lowest BCUT2D eigenvalue weighted by molar-refractivity contribution is 0.340. The Kier molecular flexibility index (Phi) is 6.49. The number of aromatic nitrogens is 4. The molecule has 0 fully saturated rings. The van der Waals surface area contributed by atoms with Crippen molar-refractivity contribution in [2.24, 2.45) is 0 Å². The van der Waals surface area contributed by atoms with Gasteiger partial charge < -0.3 is 9.26 Å². The Morgan fingerprint density at radius 1 is 1.00 bits per heavy atom. The van der Waals surface area contributed by atoms with Crippen LogP contribution in [0.5, 0.6) is 5.75 Å². The predicted octanol–water partition coefficient (Wildman–Crippen LogP) is 3.85. The molecule has 0 spiro atoms. The summed E-state index contributed by atoms with van der Waals surface area (Å²) in [6.07, 6.45) is 2.73. The van der Waals surface area contributed by atoms with Gasteiger partial charge in [0.15, 0.2) is 0 Å². The first-order chi connectivity index (χ1) is 15.6. The van der Waals surface area contributed by atoms with Gasteiger partial charge in [-0.05, 0) is 37.6 Å². The van der Waals surface area contributed by atoms with E-state index in [0.717, 1.165) is 30.6 Å². The molecule has 0 amide bonds. The van der Waals surface area contributed by atoms with Gasteiger partial charge in [-0.3, -0.25) is 13.9 Å². The summed E-state index contributed by atoms with van der Waals surface area (Å²) < 4.78 is 13.8. The van der Waals surface area contributed by atoms with E-state index in [1.807, 2.05) is 31.2 Å². The van der Waals surface area contributed by atoms with Crippen LogP contribution in [-0.4, -0.2) is 25.9 Å². The summed E-state index contributed by atoms with van der Waals surface area (Å²) in [7, 11) is 0. The molecule has 0 aliphatic heterocycles. The number of hydrogen-bond donors (Lipinski definition) is 0. The molecular formula is C24H26N4O4. The smallest absolute Gasteiger partial charge is 0.331 e. The van der Waals surface area contributed by atoms with E-state index in [4.69, 9.17) is 9.26 Å². The molecule has 2 aromatic heterocycles. The first kappa shape index (κ1) is 21.5. The minimum atomic E-state index is -0.372. The van der Waals surface area contributed by atoms with Gasteiger partial charge >= 0.3 is 5.69 Å². The number of ether oxygens (including phenoxy) is 1. The van der Waals surface area contributed by atoms with Crippen molar-refractivity contribution in [1.82, 2.24) is 19.3 Å². The SMILES string of the molecule is CCCCCn1c(=O)c2ccccc2n(Cc2nc(-c3cccc(OCC)c3)no2)c1=O. The highest BCUT2D eigenvalue weighted by atomic mass is 16.5. The van der Waals surface area contributed by atoms with Crippen molar-refractivity contribution in [3.05, 3.63) is 75.3 Å². The van der Waals surface area contributed by atoms with Crippen molar-refractivity contribution in [2.45, 2.75) is 46.2 Å². The van der Waals surface area contributed by atoms with Crippen LogP contribution in [0.15, 0.2) is 62.6 Å². The largest absolute Gasteiger partial charge is 0.494 e. The third-order valence-corrected chi connectivity index (χ3v) is 5.28. The monoisotopic (exact) mass is 434 g/mol. The van der Waals surface area contributed by atoms with Crippen molar-refractivity contribution >= 4 is 10.9 Å². The van der Waals surface area contributed by atoms with Gasteiger partial charge in [0.25, 0.3) is 5.56 Å². The first-order valence-electron chi connectivity index (χ1n) is 10.9. The number of unbranched alkanes of at least 4 members (excludes halogenated alkanes) is 2. The maximum atomic E-state index is 13.2. The van der Waals surface area contributed by atoms with Crippen molar-refractivity contribution in [1.29, 1.82) is 0 Å². The van der Waals surface area contributed by atoms with E-state index < -0.39 is 0 Å². The Bertz CT molecular complexity index is 1340. The van der Waals surface area contributed by atoms with E-state index in [2.05, 4.69) is 17.1 Å². The molecule has 32 heavy (non-hydrogen) atoms. The van der Waals surface area contributed by atoms with Gasteiger partial charge in [0.1, 0.15) is 12.3 Å². The van der Waals surface area contributed by atoms with Crippen LogP contribution in [0.25, 0.3) is 22.3 Å². The molecule has 0 aliphatic carbocycles. The van der Waals surface area contributed by atoms with E-state index in [-0.39, 0.29) is 23.7 Å². The Balaban J connectivity index is 1.71. The van der Waals surface area contributed by atoms with Crippen LogP contribution < -0.4 is 16.0 Å². The van der Waals surface area contributed by atoms with Crippen molar-refractivity contribution in [3.63, 3.8) is 0 Å². The Morgan fingerprint density at radius 3 is 2.66 bits per heavy atom. The van der Waals surface area contributed by atoms with E-state index in [1.165, 1.54) is 9.13 Å². The average molecular weight is 434 g/mol. The lowest BCUT2D eigenvalue weighted by atomic mass is 10.2. The number of benzene rings is 2. The molecule has 0 saturated carbocycles. The molecule has 0 saturated heterocycles. The van der Waals surface area contributed by atoms with Gasteiger partial charge in [-0.1, -0.05) is 49.2 Å². The third kappa shape index (κ3) is 4.34. The second-order valence-electron chi connectivity index (χ2n) is 7.52. The lowest BCUT2D eigenvalue weighted by Crippen LogP contribution is -2.40. The van der Waals surface area contributed by atoms with Crippen LogP contribution in [-0.2, 0) is 13.1 Å². The molecule has 0 bridgehead atoms. The quantitative estimate of drug-likeness (QED) is 0.372. The molecule has 8 nitrogen and oxygen atoms in total. The summed E-state index contributed by atoms with van der Waals surface area (Å²) in [4.78, 5) is 30.6. The summed E-state index contributed by atoms with van der Waals surface area (Å²) in [6, 6.07) is 14.5. The number of para-hydroxylation sites is 1. The normalized spacial score (nSPS) is 11.2. The van der Waals surface area contributed by atoms with Crippen LogP contribution in [0.1, 0.15) is 39.0 Å². The van der Waals surface area contributed by atoms with Crippen molar-refractivity contribution in [2.75, 3.05) is 6.61 Å². The Morgan fingerprint density at radius 2 is 1.84 bits per heavy atom. The number of rotatable bonds is 9. The number of fused-ring (bicyclic) bond motifs is 1. The molecule has 2 aromatic carbocycles. The van der Waals surface area contributed by atoms with Gasteiger partial charge in [-0.2, -0.15) is 4.98 Å². The molecule has 0 atom stereocenters. The minimum absolute atomic E-state index is 0.0750. The molecule has 0 unspecified atom stereocenters. The van der Waals surface area contributed by atoms with E-state index in [9.17, 15) is 9.59 Å². The molecule has 8 heteroatoms. The van der Waals surface area contributed by atoms with E-state index >= 15 is 0 Å². The summed E-state index contributed by atoms with van der Waals surface area (Å²) in [5, 5.41) is 4.56. The first-order valence-corrected chi connectivity index (χ1v) is 10.9. The molecule has 0 aliphatic rings. The molecule has 0 N–H and O–H groups in total. The summed E-state index contributed by atoms with van der Waals surface area (Å²) in [6.45, 7) is 5.02. The molecule has 2 heterocycles. The zero-order valence-corrected chi connectivity index (χ0v) is 18.3. The molecule has 4 rings (SSSR count). The van der Waals surface area contributed by atoms with Crippen LogP contribution in [0.2, 0.25) is 0 Å². The summed E-state index contributed by atoms with van der Waals surface area (Å²) in [5.74, 6) is 1.42. The van der Waals surface area contributed by atoms with Gasteiger partial charge in [0.2, 0.25) is 11.7 Å². The molecule has 166 valence electrons. The highest BCUT2D eigenvalue weighted by Crippen LogP contribution is 2.22. The fourth-order valence-corrected chi connectivity index (χ4v) is 3.70. The van der Waals surface area contributed by atoms with Crippen LogP contribution >= 0.6 is 0 Å². The number of nitrogens with zero attached hydrogens (tertiary/aromatic N) is 4. The Hall–Kier alpha value is -3.68. The minimum Gasteiger partial charge on any atom is -0.494 e. The zero-order chi connectivity index (χ0) is 22.5. The molecule has 0 radical (unpaired) electrons. The second kappa shape index (κ2) is 9.64. The molecular weight excluding hydrogens is 408 g/mol. The maximum Gasteiger partial charge on any atom is 0.331 e. The molecule has 4 aromatic rings. The highest BCUT2D eigenvalue weighted by Gasteiger charge is 2.16. The zero-order valence-electron chi connectivity index (χ0n) is 18.3. The lowest BCUT2D eigenvalue weighted by Gasteiger charge is -2.12. The van der Waals surface area contributed by atoms with Crippen LogP contribution in [0, 0.1) is 0 Å². The Labute approximate surface area is 185 Å². The maximum absolute atomic E-state index is 13.2. The van der Waals surface area contributed by atoms with Gasteiger partial charge in [0.05, 0.1) is 17.5 Å². The van der Waals surface area contributed by atoms with Gasteiger partial charge in [0, 0.05) is 12.1 Å². The summed E-state index contributed by atoms with van der Waals surface area (Å²) in [5.41, 5.74) is 0.667. The van der Waals surface area contributed by atoms with Crippen molar-refractivity contribution < 1.29 is 9.26 Å². The van der Waals surface area contributed by atoms with E-state index in [0.29, 0.717) is 29.9 Å². The van der Waals surface area contributed by atoms with Gasteiger partial charge in [-0.25, -0.2) is 4.79 Å². The van der Waals surface area contributed by atoms with Gasteiger partial charge in [-0.15, -0.1) is 0 Å². The van der Waals surface area contributed by atoms with Crippen LogP contribution in [0.3, 0.4) is 0 Å². The topological polar surface area (TPSA) is 92.2 Å². The fraction of sp³-hybridized carbons (Fsp3) is 0.333. The standard InChI is InChI=1S/C24H26N4O4/c1-3-5-8-14-27-23(29)19-12-6-7-13-20(19)28(24(27)30)16-21-25-22(26-32-21)17-10-9-11-18(15-17)31-4-2/h6-7,9-13,15H,3-5,8,14,16H2,1-2H3. The van der Waals surface area contributed by atoms with Crippen molar-refractivity contribution in [3.8, 4) is 17.1 Å². The highest BCUT2D eigenvalue weighted by molar-refractivity contribution is 5.77. The average Bonchev–Trinajstić information content (AvgIpc) is 3.28. The summed E-state index contributed by atoms with van der Waals surface area (Å²) >= 11 is 0. The predicted molar refractivity (Wildman–Crippen MR) is 122 cm³/mol. The fourth-order valence-electron chi connectivity index (χ4n) is 3.70. The third-order valence-electron chi connectivity index (χ3n) is 5.28. The second-order valence-corrected chi connectivity index (χ2v) is 7.52. The van der Waals surface area contributed by atoms with E-state index in [1.54, 1.807) is 24.3 Å².